The van der Waals surface area contributed by atoms with E-state index in [1.165, 1.54) is 5.56 Å². The number of benzene rings is 1. The smallest absolute Gasteiger partial charge is 0.224 e. The summed E-state index contributed by atoms with van der Waals surface area (Å²) in [6.45, 7) is 2.03. The number of aromatic nitrogens is 2. The van der Waals surface area contributed by atoms with E-state index in [1.807, 2.05) is 41.9 Å². The molecule has 0 bridgehead atoms. The second-order valence-electron chi connectivity index (χ2n) is 5.47. The highest BCUT2D eigenvalue weighted by atomic mass is 35.5. The van der Waals surface area contributed by atoms with E-state index < -0.39 is 0 Å². The molecule has 3 aromatic rings. The average molecular weight is 314 g/mol. The fourth-order valence-electron chi connectivity index (χ4n) is 2.91. The van der Waals surface area contributed by atoms with E-state index in [0.29, 0.717) is 6.42 Å². The van der Waals surface area contributed by atoms with Gasteiger partial charge in [0, 0.05) is 30.1 Å². The van der Waals surface area contributed by atoms with Crippen LogP contribution in [0.5, 0.6) is 0 Å². The van der Waals surface area contributed by atoms with E-state index >= 15 is 0 Å². The van der Waals surface area contributed by atoms with Crippen molar-refractivity contribution in [3.63, 3.8) is 0 Å². The van der Waals surface area contributed by atoms with Crippen molar-refractivity contribution in [1.82, 2.24) is 9.38 Å². The van der Waals surface area contributed by atoms with Crippen LogP contribution >= 0.6 is 12.4 Å². The summed E-state index contributed by atoms with van der Waals surface area (Å²) in [4.78, 5) is 16.2. The Bertz CT molecular complexity index is 836. The Morgan fingerprint density at radius 1 is 1.23 bits per heavy atom. The van der Waals surface area contributed by atoms with E-state index in [9.17, 15) is 4.79 Å². The molecule has 4 nitrogen and oxygen atoms in total. The van der Waals surface area contributed by atoms with Gasteiger partial charge in [-0.25, -0.2) is 4.98 Å². The molecule has 5 heteroatoms. The number of anilines is 1. The fourth-order valence-corrected chi connectivity index (χ4v) is 2.91. The maximum Gasteiger partial charge on any atom is 0.224 e. The second-order valence-corrected chi connectivity index (χ2v) is 5.47. The third kappa shape index (κ3) is 2.35. The number of nitrogens with one attached hydrogen (secondary N) is 1. The van der Waals surface area contributed by atoms with Gasteiger partial charge in [-0.3, -0.25) is 4.79 Å². The van der Waals surface area contributed by atoms with Gasteiger partial charge in [0.25, 0.3) is 0 Å². The predicted octanol–water partition coefficient (Wildman–Crippen LogP) is 3.62. The van der Waals surface area contributed by atoms with Crippen LogP contribution in [0.4, 0.5) is 5.69 Å². The third-order valence-electron chi connectivity index (χ3n) is 3.96. The summed E-state index contributed by atoms with van der Waals surface area (Å²) in [5.74, 6) is 0.103. The van der Waals surface area contributed by atoms with Gasteiger partial charge >= 0.3 is 0 Å². The van der Waals surface area contributed by atoms with Crippen molar-refractivity contribution >= 4 is 29.6 Å². The molecule has 0 spiro atoms. The number of rotatable bonds is 1. The zero-order chi connectivity index (χ0) is 14.4. The summed E-state index contributed by atoms with van der Waals surface area (Å²) in [5, 5.41) is 2.97. The van der Waals surface area contributed by atoms with Gasteiger partial charge in [-0.05, 0) is 48.7 Å². The average Bonchev–Trinajstić information content (AvgIpc) is 2.92. The Morgan fingerprint density at radius 3 is 2.91 bits per heavy atom. The van der Waals surface area contributed by atoms with E-state index in [1.54, 1.807) is 0 Å². The zero-order valence-electron chi connectivity index (χ0n) is 12.2. The molecule has 0 saturated heterocycles. The number of fused-ring (bicyclic) bond motifs is 2. The molecule has 3 heterocycles. The molecule has 4 rings (SSSR count). The van der Waals surface area contributed by atoms with E-state index in [4.69, 9.17) is 0 Å². The van der Waals surface area contributed by atoms with Crippen LogP contribution < -0.4 is 5.32 Å². The number of nitrogens with zero attached hydrogens (tertiary/aromatic N) is 2. The van der Waals surface area contributed by atoms with Gasteiger partial charge in [-0.1, -0.05) is 6.07 Å². The highest BCUT2D eigenvalue weighted by molar-refractivity contribution is 5.95. The second kappa shape index (κ2) is 5.46. The molecular formula is C17H16ClN3O. The molecule has 0 aliphatic carbocycles. The van der Waals surface area contributed by atoms with Crippen molar-refractivity contribution in [3.8, 4) is 11.3 Å². The highest BCUT2D eigenvalue weighted by Crippen LogP contribution is 2.31. The van der Waals surface area contributed by atoms with Crippen LogP contribution in [-0.4, -0.2) is 15.3 Å². The van der Waals surface area contributed by atoms with Crippen molar-refractivity contribution in [1.29, 1.82) is 0 Å². The number of carbonyl (C=O) groups is 1. The standard InChI is InChI=1S/C17H15N3O.ClH/c1-11-8-13(9-12-5-6-16(21)19-17(11)12)14-10-20-7-3-2-4-15(20)18-14;/h2-4,7-10H,5-6H2,1H3,(H,19,21);1H. The molecule has 2 aromatic heterocycles. The summed E-state index contributed by atoms with van der Waals surface area (Å²) in [6, 6.07) is 10.2. The van der Waals surface area contributed by atoms with Crippen molar-refractivity contribution in [3.05, 3.63) is 53.9 Å². The first-order valence-electron chi connectivity index (χ1n) is 7.08. The number of carbonyl (C=O) groups excluding carboxylic acids is 1. The maximum atomic E-state index is 11.5. The molecule has 1 N–H and O–H groups in total. The van der Waals surface area contributed by atoms with Crippen LogP contribution in [0, 0.1) is 6.92 Å². The van der Waals surface area contributed by atoms with E-state index in [0.717, 1.165) is 34.6 Å². The minimum Gasteiger partial charge on any atom is -0.326 e. The van der Waals surface area contributed by atoms with Gasteiger partial charge < -0.3 is 9.72 Å². The van der Waals surface area contributed by atoms with Gasteiger partial charge in [0.2, 0.25) is 5.91 Å². The SMILES string of the molecule is Cc1cc(-c2cn3ccccc3n2)cc2c1NC(=O)CC2.Cl. The largest absolute Gasteiger partial charge is 0.326 e. The number of hydrogen-bond donors (Lipinski definition) is 1. The highest BCUT2D eigenvalue weighted by Gasteiger charge is 2.18. The van der Waals surface area contributed by atoms with Crippen LogP contribution in [0.25, 0.3) is 16.9 Å². The van der Waals surface area contributed by atoms with Crippen LogP contribution in [0.3, 0.4) is 0 Å². The monoisotopic (exact) mass is 313 g/mol. The quantitative estimate of drug-likeness (QED) is 0.746. The van der Waals surface area contributed by atoms with Crippen molar-refractivity contribution in [2.45, 2.75) is 19.8 Å². The lowest BCUT2D eigenvalue weighted by Gasteiger charge is -2.19. The number of aryl methyl sites for hydroxylation is 2. The van der Waals surface area contributed by atoms with Crippen LogP contribution in [0.15, 0.2) is 42.7 Å². The molecule has 1 aliphatic rings. The lowest BCUT2D eigenvalue weighted by atomic mass is 9.96. The lowest BCUT2D eigenvalue weighted by molar-refractivity contribution is -0.116. The van der Waals surface area contributed by atoms with E-state index in [-0.39, 0.29) is 18.3 Å². The zero-order valence-corrected chi connectivity index (χ0v) is 13.0. The van der Waals surface area contributed by atoms with Crippen molar-refractivity contribution in [2.75, 3.05) is 5.32 Å². The summed E-state index contributed by atoms with van der Waals surface area (Å²) in [5.41, 5.74) is 6.26. The van der Waals surface area contributed by atoms with E-state index in [2.05, 4.69) is 22.4 Å². The van der Waals surface area contributed by atoms with Gasteiger partial charge in [0.05, 0.1) is 5.69 Å². The Hall–Kier alpha value is -2.33. The molecule has 1 aliphatic heterocycles. The maximum absolute atomic E-state index is 11.5. The first kappa shape index (κ1) is 14.6. The Kier molecular flexibility index (Phi) is 3.62. The van der Waals surface area contributed by atoms with Crippen LogP contribution in [-0.2, 0) is 11.2 Å². The predicted molar refractivity (Wildman–Crippen MR) is 89.6 cm³/mol. The van der Waals surface area contributed by atoms with Gasteiger partial charge in [0.15, 0.2) is 0 Å². The molecule has 22 heavy (non-hydrogen) atoms. The van der Waals surface area contributed by atoms with Crippen molar-refractivity contribution < 1.29 is 4.79 Å². The Labute approximate surface area is 134 Å². The summed E-state index contributed by atoms with van der Waals surface area (Å²) in [6.07, 6.45) is 5.39. The first-order chi connectivity index (χ1) is 10.2. The normalized spacial score (nSPS) is 13.4. The molecule has 0 radical (unpaired) electrons. The van der Waals surface area contributed by atoms with Crippen molar-refractivity contribution in [2.24, 2.45) is 0 Å². The summed E-state index contributed by atoms with van der Waals surface area (Å²) < 4.78 is 2.02. The van der Waals surface area contributed by atoms with Crippen LogP contribution in [0.1, 0.15) is 17.5 Å². The molecule has 1 amide bonds. The number of pyridine rings is 1. The minimum atomic E-state index is 0. The first-order valence-corrected chi connectivity index (χ1v) is 7.08. The molecule has 1 aromatic carbocycles. The summed E-state index contributed by atoms with van der Waals surface area (Å²) in [7, 11) is 0. The summed E-state index contributed by atoms with van der Waals surface area (Å²) >= 11 is 0. The number of imidazole rings is 1. The third-order valence-corrected chi connectivity index (χ3v) is 3.96. The fraction of sp³-hybridized carbons (Fsp3) is 0.176. The number of halogens is 1. The molecule has 0 atom stereocenters. The molecular weight excluding hydrogens is 298 g/mol. The lowest BCUT2D eigenvalue weighted by Crippen LogP contribution is -2.19. The minimum absolute atomic E-state index is 0. The topological polar surface area (TPSA) is 46.4 Å². The number of hydrogen-bond acceptors (Lipinski definition) is 2. The number of amides is 1. The molecule has 0 saturated carbocycles. The Balaban J connectivity index is 0.00000144. The van der Waals surface area contributed by atoms with Crippen LogP contribution in [0.2, 0.25) is 0 Å². The van der Waals surface area contributed by atoms with Gasteiger partial charge in [-0.2, -0.15) is 0 Å². The Morgan fingerprint density at radius 2 is 2.09 bits per heavy atom. The van der Waals surface area contributed by atoms with Gasteiger partial charge in [0.1, 0.15) is 5.65 Å². The molecule has 0 fully saturated rings. The van der Waals surface area contributed by atoms with Gasteiger partial charge in [-0.15, -0.1) is 12.4 Å². The molecule has 112 valence electrons. The molecule has 0 unspecified atom stereocenters.